The Morgan fingerprint density at radius 3 is 2.57 bits per heavy atom. The van der Waals surface area contributed by atoms with Crippen molar-refractivity contribution >= 4 is 5.97 Å². The van der Waals surface area contributed by atoms with E-state index in [4.69, 9.17) is 4.74 Å². The lowest BCUT2D eigenvalue weighted by atomic mass is 9.60. The van der Waals surface area contributed by atoms with E-state index in [2.05, 4.69) is 53.0 Å². The van der Waals surface area contributed by atoms with Crippen LogP contribution in [0.3, 0.4) is 0 Å². The fraction of sp³-hybridized carbons (Fsp3) is 0.710. The molecule has 8 atom stereocenters. The van der Waals surface area contributed by atoms with E-state index < -0.39 is 12.2 Å². The van der Waals surface area contributed by atoms with Crippen LogP contribution in [-0.2, 0) is 9.53 Å². The summed E-state index contributed by atoms with van der Waals surface area (Å²) in [6.07, 6.45) is 12.1. The molecule has 2 N–H and O–H groups in total. The van der Waals surface area contributed by atoms with E-state index in [0.29, 0.717) is 42.1 Å². The largest absolute Gasteiger partial charge is 0.458 e. The maximum atomic E-state index is 12.3. The smallest absolute Gasteiger partial charge is 0.334 e. The summed E-state index contributed by atoms with van der Waals surface area (Å²) >= 11 is 0. The molecule has 4 rings (SSSR count). The summed E-state index contributed by atoms with van der Waals surface area (Å²) in [5.41, 5.74) is 4.19. The Bertz CT molecular complexity index is 911. The molecular formula is C31H46O4. The molecule has 2 unspecified atom stereocenters. The van der Waals surface area contributed by atoms with E-state index in [1.54, 1.807) is 0 Å². The van der Waals surface area contributed by atoms with Gasteiger partial charge in [-0.25, -0.2) is 4.79 Å². The highest BCUT2D eigenvalue weighted by atomic mass is 16.6. The Morgan fingerprint density at radius 2 is 1.86 bits per heavy atom. The molecule has 3 saturated carbocycles. The SMILES string of the molecule is C=C1C(=O)OC(C[C@@H](C)[C@H]2CC[C@H]3/C(=C/C=C4/C[C@@H](O)C[C@H](O)C4=C)CCC[C@]23C)C1CC(C)C. The minimum atomic E-state index is -0.642. The topological polar surface area (TPSA) is 66.8 Å². The molecule has 0 bridgehead atoms. The minimum Gasteiger partial charge on any atom is -0.458 e. The van der Waals surface area contributed by atoms with Crippen molar-refractivity contribution in [3.05, 3.63) is 47.6 Å². The van der Waals surface area contributed by atoms with Crippen LogP contribution in [0.25, 0.3) is 0 Å². The highest BCUT2D eigenvalue weighted by molar-refractivity contribution is 5.90. The van der Waals surface area contributed by atoms with Crippen LogP contribution in [0.15, 0.2) is 47.6 Å². The number of aliphatic hydroxyl groups excluding tert-OH is 2. The summed E-state index contributed by atoms with van der Waals surface area (Å²) in [6, 6.07) is 0. The highest BCUT2D eigenvalue weighted by Crippen LogP contribution is 2.60. The Labute approximate surface area is 212 Å². The molecule has 0 aromatic heterocycles. The average Bonchev–Trinajstić information content (AvgIpc) is 3.26. The molecule has 0 radical (unpaired) electrons. The summed E-state index contributed by atoms with van der Waals surface area (Å²) in [6.45, 7) is 17.4. The first-order valence-corrected chi connectivity index (χ1v) is 13.9. The highest BCUT2D eigenvalue weighted by Gasteiger charge is 2.51. The number of hydrogen-bond acceptors (Lipinski definition) is 4. The third-order valence-corrected chi connectivity index (χ3v) is 9.74. The molecule has 4 nitrogen and oxygen atoms in total. The first kappa shape index (κ1) is 26.4. The van der Waals surface area contributed by atoms with Crippen molar-refractivity contribution in [3.63, 3.8) is 0 Å². The molecule has 1 heterocycles. The Balaban J connectivity index is 1.48. The van der Waals surface area contributed by atoms with E-state index in [0.717, 1.165) is 30.4 Å². The third kappa shape index (κ3) is 5.25. The number of allylic oxidation sites excluding steroid dienone is 3. The van der Waals surface area contributed by atoms with E-state index in [1.165, 1.54) is 31.3 Å². The Morgan fingerprint density at radius 1 is 1.11 bits per heavy atom. The molecule has 3 aliphatic carbocycles. The summed E-state index contributed by atoms with van der Waals surface area (Å²) in [4.78, 5) is 12.3. The van der Waals surface area contributed by atoms with Gasteiger partial charge in [-0.2, -0.15) is 0 Å². The molecule has 0 amide bonds. The molecule has 4 heteroatoms. The minimum absolute atomic E-state index is 0.0337. The van der Waals surface area contributed by atoms with Gasteiger partial charge in [-0.3, -0.25) is 0 Å². The predicted molar refractivity (Wildman–Crippen MR) is 140 cm³/mol. The van der Waals surface area contributed by atoms with Crippen molar-refractivity contribution in [3.8, 4) is 0 Å². The van der Waals surface area contributed by atoms with Crippen molar-refractivity contribution < 1.29 is 19.7 Å². The number of carbonyl (C=O) groups is 1. The second-order valence-electron chi connectivity index (χ2n) is 12.6. The Hall–Kier alpha value is -1.65. The number of aliphatic hydroxyl groups is 2. The predicted octanol–water partition coefficient (Wildman–Crippen LogP) is 6.30. The van der Waals surface area contributed by atoms with Crippen LogP contribution in [0.1, 0.15) is 85.5 Å². The van der Waals surface area contributed by atoms with Gasteiger partial charge in [-0.05, 0) is 91.6 Å². The van der Waals surface area contributed by atoms with E-state index >= 15 is 0 Å². The van der Waals surface area contributed by atoms with Gasteiger partial charge in [-0.15, -0.1) is 0 Å². The van der Waals surface area contributed by atoms with Crippen LogP contribution in [0.2, 0.25) is 0 Å². The zero-order valence-electron chi connectivity index (χ0n) is 22.3. The van der Waals surface area contributed by atoms with E-state index in [1.807, 2.05) is 0 Å². The van der Waals surface area contributed by atoms with Crippen LogP contribution >= 0.6 is 0 Å². The molecule has 194 valence electrons. The molecule has 4 aliphatic rings. The number of hydrogen-bond donors (Lipinski definition) is 2. The van der Waals surface area contributed by atoms with Crippen LogP contribution in [0.4, 0.5) is 0 Å². The first-order valence-electron chi connectivity index (χ1n) is 13.9. The number of ether oxygens (including phenoxy) is 1. The van der Waals surface area contributed by atoms with Gasteiger partial charge in [0, 0.05) is 17.9 Å². The van der Waals surface area contributed by atoms with Gasteiger partial charge in [0.05, 0.1) is 12.2 Å². The zero-order valence-corrected chi connectivity index (χ0v) is 22.3. The number of cyclic esters (lactones) is 1. The van der Waals surface area contributed by atoms with Crippen LogP contribution in [0, 0.1) is 35.0 Å². The second-order valence-corrected chi connectivity index (χ2v) is 12.6. The van der Waals surface area contributed by atoms with E-state index in [9.17, 15) is 15.0 Å². The van der Waals surface area contributed by atoms with Crippen LogP contribution < -0.4 is 0 Å². The summed E-state index contributed by atoms with van der Waals surface area (Å²) in [5, 5.41) is 20.3. The van der Waals surface area contributed by atoms with Gasteiger partial charge in [0.2, 0.25) is 0 Å². The number of carbonyl (C=O) groups excluding carboxylic acids is 1. The molecule has 4 fully saturated rings. The van der Waals surface area contributed by atoms with Gasteiger partial charge in [-0.1, -0.05) is 58.6 Å². The first-order chi connectivity index (χ1) is 16.5. The maximum Gasteiger partial charge on any atom is 0.334 e. The number of esters is 1. The summed E-state index contributed by atoms with van der Waals surface area (Å²) < 4.78 is 5.83. The van der Waals surface area contributed by atoms with Crippen LogP contribution in [0.5, 0.6) is 0 Å². The van der Waals surface area contributed by atoms with Crippen molar-refractivity contribution in [1.29, 1.82) is 0 Å². The zero-order chi connectivity index (χ0) is 25.5. The molecular weight excluding hydrogens is 436 g/mol. The quantitative estimate of drug-likeness (QED) is 0.344. The fourth-order valence-corrected chi connectivity index (χ4v) is 7.90. The second kappa shape index (κ2) is 10.4. The maximum absolute atomic E-state index is 12.3. The fourth-order valence-electron chi connectivity index (χ4n) is 7.90. The number of rotatable bonds is 6. The molecule has 0 spiro atoms. The molecule has 0 aromatic rings. The third-order valence-electron chi connectivity index (χ3n) is 9.74. The van der Waals surface area contributed by atoms with Crippen molar-refractivity contribution in [2.24, 2.45) is 35.0 Å². The lowest BCUT2D eigenvalue weighted by Crippen LogP contribution is -2.37. The average molecular weight is 483 g/mol. The lowest BCUT2D eigenvalue weighted by molar-refractivity contribution is -0.140. The van der Waals surface area contributed by atoms with E-state index in [-0.39, 0.29) is 23.4 Å². The molecule has 35 heavy (non-hydrogen) atoms. The van der Waals surface area contributed by atoms with Crippen LogP contribution in [-0.4, -0.2) is 34.5 Å². The summed E-state index contributed by atoms with van der Waals surface area (Å²) in [5.74, 6) is 2.14. The van der Waals surface area contributed by atoms with Crippen molar-refractivity contribution in [1.82, 2.24) is 0 Å². The Kier molecular flexibility index (Phi) is 7.83. The molecule has 1 saturated heterocycles. The monoisotopic (exact) mass is 482 g/mol. The van der Waals surface area contributed by atoms with Crippen molar-refractivity contribution in [2.75, 3.05) is 0 Å². The van der Waals surface area contributed by atoms with Gasteiger partial charge in [0.25, 0.3) is 0 Å². The standard InChI is InChI=1S/C31H46O4/c1-18(2)14-25-21(5)30(34)35-29(25)15-19(3)26-11-12-27-22(8-7-13-31(26,27)6)9-10-23-16-24(32)17-28(33)20(23)4/h9-10,18-19,24-29,32-33H,4-5,7-8,11-17H2,1-3,6H3/b22-9+,23-10-/t19-,24-,25?,26-,27+,28+,29?,31-/m1/s1. The van der Waals surface area contributed by atoms with Gasteiger partial charge in [0.1, 0.15) is 6.10 Å². The van der Waals surface area contributed by atoms with Gasteiger partial charge >= 0.3 is 5.97 Å². The molecule has 0 aromatic carbocycles. The van der Waals surface area contributed by atoms with Gasteiger partial charge in [0.15, 0.2) is 0 Å². The summed E-state index contributed by atoms with van der Waals surface area (Å²) in [7, 11) is 0. The number of fused-ring (bicyclic) bond motifs is 1. The van der Waals surface area contributed by atoms with Crippen molar-refractivity contribution in [2.45, 2.75) is 104 Å². The normalized spacial score (nSPS) is 41.1. The lowest BCUT2D eigenvalue weighted by Gasteiger charge is -2.45. The van der Waals surface area contributed by atoms with Gasteiger partial charge < -0.3 is 14.9 Å². The molecule has 1 aliphatic heterocycles.